The summed E-state index contributed by atoms with van der Waals surface area (Å²) in [5, 5.41) is -10.5. The van der Waals surface area contributed by atoms with Gasteiger partial charge in [-0.15, -0.1) is 0 Å². The first-order valence-corrected chi connectivity index (χ1v) is 36.9. The standard InChI is InChI=1S/Na.3H2S9/c;3*1-8(2,3)7-9(4,5)6/h;3*(H,1,2,3)(H,4,5,6). The van der Waals surface area contributed by atoms with E-state index in [4.69, 9.17) is 134 Å². The van der Waals surface area contributed by atoms with Crippen LogP contribution < -0.4 is 0 Å². The van der Waals surface area contributed by atoms with Crippen LogP contribution in [-0.2, 0) is 166 Å². The fourth-order valence-electron chi connectivity index (χ4n) is 0.326. The van der Waals surface area contributed by atoms with Crippen molar-refractivity contribution in [3.8, 4) is 0 Å². The van der Waals surface area contributed by atoms with Crippen LogP contribution in [0.3, 0.4) is 0 Å². The largest absolute Gasteiger partial charge is 0.0921 e. The first kappa shape index (κ1) is 43.9. The van der Waals surface area contributed by atoms with E-state index >= 15 is 0 Å². The van der Waals surface area contributed by atoms with E-state index in [-0.39, 0.29) is 29.6 Å². The predicted molar refractivity (Wildman–Crippen MR) is 215 cm³/mol. The summed E-state index contributed by atoms with van der Waals surface area (Å²) < 4.78 is 0. The average molecular weight is 895 g/mol. The minimum absolute atomic E-state index is 0. The molecule has 0 N–H and O–H groups in total. The zero-order chi connectivity index (χ0) is 23.1. The van der Waals surface area contributed by atoms with Gasteiger partial charge in [0.2, 0.25) is 0 Å². The molecule has 0 amide bonds. The SMILES string of the molecule is S=S(=S)(S)SS(=S)(=S)S.S=S(=S)(S)SS(=S)(=S)S.S=S(=S)(S)SS(=S)(=S)S.[Na]. The molecule has 0 atom stereocenters. The molecular weight excluding hydrogens is 889 g/mol. The monoisotopic (exact) mass is 892 g/mol. The second kappa shape index (κ2) is 19.0. The number of rotatable bonds is 6. The fourth-order valence-corrected chi connectivity index (χ4v) is 79.2. The molecule has 0 aromatic heterocycles. The summed E-state index contributed by atoms with van der Waals surface area (Å²) in [5.74, 6) is 0. The fraction of sp³-hybridized carbons (Fsp3) is 0. The molecule has 0 aliphatic rings. The van der Waals surface area contributed by atoms with Gasteiger partial charge in [-0.2, -0.15) is 0 Å². The van der Waals surface area contributed by atoms with Crippen molar-refractivity contribution in [1.82, 2.24) is 0 Å². The third kappa shape index (κ3) is 55.4. The van der Waals surface area contributed by atoms with Crippen LogP contribution in [0, 0.1) is 0 Å². The third-order valence-electron chi connectivity index (χ3n) is 0.516. The summed E-state index contributed by atoms with van der Waals surface area (Å²) in [5.41, 5.74) is 0. The van der Waals surface area contributed by atoms with E-state index in [2.05, 4.69) is 70.0 Å². The zero-order valence-electron chi connectivity index (χ0n) is 12.3. The van der Waals surface area contributed by atoms with Crippen LogP contribution >= 0.6 is 99.4 Å². The van der Waals surface area contributed by atoms with Crippen LogP contribution in [0.15, 0.2) is 0 Å². The second-order valence-corrected chi connectivity index (χ2v) is 74.8. The summed E-state index contributed by atoms with van der Waals surface area (Å²) in [6, 6.07) is 0. The van der Waals surface area contributed by atoms with Gasteiger partial charge >= 0.3 is 0 Å². The van der Waals surface area contributed by atoms with Crippen molar-refractivity contribution in [1.29, 1.82) is 0 Å². The van der Waals surface area contributed by atoms with Crippen molar-refractivity contribution in [3.05, 3.63) is 0 Å². The molecule has 0 rings (SSSR count). The topological polar surface area (TPSA) is 0 Å². The van der Waals surface area contributed by atoms with Gasteiger partial charge < -0.3 is 0 Å². The molecule has 0 bridgehead atoms. The Kier molecular flexibility index (Phi) is 29.9. The Morgan fingerprint density at radius 3 is 0.393 bits per heavy atom. The maximum Gasteiger partial charge on any atom is 0.0195 e. The molecule has 0 saturated carbocycles. The van der Waals surface area contributed by atoms with Gasteiger partial charge in [0.05, 0.1) is 0 Å². The Bertz CT molecular complexity index is 829. The van der Waals surface area contributed by atoms with Gasteiger partial charge in [0, 0.05) is 90.3 Å². The van der Waals surface area contributed by atoms with E-state index in [9.17, 15) is 0 Å². The summed E-state index contributed by atoms with van der Waals surface area (Å²) in [4.78, 5) is 0. The molecule has 28 heteroatoms. The molecule has 1 radical (unpaired) electrons. The van der Waals surface area contributed by atoms with Crippen molar-refractivity contribution >= 4 is 295 Å². The molecule has 0 nitrogen and oxygen atoms in total. The minimum atomic E-state index is -1.75. The Morgan fingerprint density at radius 1 is 0.321 bits per heavy atom. The van der Waals surface area contributed by atoms with Gasteiger partial charge in [0.15, 0.2) is 0 Å². The summed E-state index contributed by atoms with van der Waals surface area (Å²) in [7, 11) is 3.50. The second-order valence-electron chi connectivity index (χ2n) is 2.77. The van der Waals surface area contributed by atoms with Crippen molar-refractivity contribution < 1.29 is 0 Å². The van der Waals surface area contributed by atoms with Crippen molar-refractivity contribution in [3.63, 3.8) is 0 Å². The molecule has 0 aromatic carbocycles. The molecule has 0 aromatic rings. The van der Waals surface area contributed by atoms with E-state index in [1.165, 1.54) is 29.5 Å². The van der Waals surface area contributed by atoms with Crippen molar-refractivity contribution in [2.45, 2.75) is 0 Å². The normalized spacial score (nSPS) is 13.1. The molecular formula is H6NaS27. The van der Waals surface area contributed by atoms with E-state index in [0.29, 0.717) is 0 Å². The summed E-state index contributed by atoms with van der Waals surface area (Å²) >= 11 is 81.3. The van der Waals surface area contributed by atoms with Crippen LogP contribution in [0.25, 0.3) is 0 Å². The van der Waals surface area contributed by atoms with Crippen molar-refractivity contribution in [2.75, 3.05) is 0 Å². The molecule has 0 aliphatic carbocycles. The van der Waals surface area contributed by atoms with Crippen LogP contribution in [0.1, 0.15) is 0 Å². The minimum Gasteiger partial charge on any atom is -0.0921 e. The van der Waals surface area contributed by atoms with Gasteiger partial charge in [-0.3, -0.25) is 0 Å². The maximum absolute atomic E-state index is 4.80. The van der Waals surface area contributed by atoms with Crippen molar-refractivity contribution in [2.24, 2.45) is 0 Å². The molecule has 0 heterocycles. The van der Waals surface area contributed by atoms with Gasteiger partial charge in [-0.25, -0.2) is 0 Å². The third-order valence-corrected chi connectivity index (χ3v) is 41.8. The Balaban J connectivity index is -0.000000152. The van der Waals surface area contributed by atoms with Gasteiger partial charge in [-0.1, -0.05) is 70.0 Å². The number of thiol groups is 6. The molecule has 0 saturated heterocycles. The van der Waals surface area contributed by atoms with Crippen LogP contribution in [0.2, 0.25) is 0 Å². The summed E-state index contributed by atoms with van der Waals surface area (Å²) in [6.45, 7) is 0. The van der Waals surface area contributed by atoms with E-state index in [0.717, 1.165) is 0 Å². The molecule has 0 unspecified atom stereocenters. The average Bonchev–Trinajstić information content (AvgIpc) is 1.96. The number of hydrogen-bond acceptors (Lipinski definition) is 15. The van der Waals surface area contributed by atoms with Crippen LogP contribution in [-0.4, -0.2) is 29.6 Å². The molecule has 28 heavy (non-hydrogen) atoms. The smallest absolute Gasteiger partial charge is 0.0195 e. The molecule has 0 aliphatic heterocycles. The molecule has 169 valence electrons. The summed E-state index contributed by atoms with van der Waals surface area (Å²) in [6.07, 6.45) is 0. The first-order chi connectivity index (χ1) is 11.1. The van der Waals surface area contributed by atoms with E-state index in [1.54, 1.807) is 0 Å². The molecule has 0 fully saturated rings. The first-order valence-electron chi connectivity index (χ1n) is 4.10. The Hall–Kier alpha value is 8.89. The zero-order valence-corrected chi connectivity index (χ0v) is 36.8. The maximum atomic E-state index is 4.80. The predicted octanol–water partition coefficient (Wildman–Crippen LogP) is 3.80. The quantitative estimate of drug-likeness (QED) is 0.130. The van der Waals surface area contributed by atoms with E-state index in [1.807, 2.05) is 0 Å². The van der Waals surface area contributed by atoms with Gasteiger partial charge in [0.1, 0.15) is 0 Å². The van der Waals surface area contributed by atoms with Crippen LogP contribution in [0.5, 0.6) is 0 Å². The van der Waals surface area contributed by atoms with Crippen LogP contribution in [0.4, 0.5) is 0 Å². The van der Waals surface area contributed by atoms with Gasteiger partial charge in [-0.05, 0) is 134 Å². The Labute approximate surface area is 287 Å². The van der Waals surface area contributed by atoms with Gasteiger partial charge in [0.25, 0.3) is 0 Å². The molecule has 0 spiro atoms. The van der Waals surface area contributed by atoms with E-state index < -0.39 is 31.3 Å². The number of hydrogen-bond donors (Lipinski definition) is 6. The Morgan fingerprint density at radius 2 is 0.393 bits per heavy atom.